The van der Waals surface area contributed by atoms with Crippen molar-refractivity contribution in [3.8, 4) is 0 Å². The first kappa shape index (κ1) is 16.8. The molecule has 1 heterocycles. The minimum atomic E-state index is 0.106. The third-order valence-corrected chi connectivity index (χ3v) is 5.07. The minimum Gasteiger partial charge on any atom is -0.332 e. The number of anilines is 2. The van der Waals surface area contributed by atoms with Gasteiger partial charge in [-0.2, -0.15) is 0 Å². The van der Waals surface area contributed by atoms with Crippen LogP contribution < -0.4 is 5.32 Å². The average molecular weight is 332 g/mol. The highest BCUT2D eigenvalue weighted by Crippen LogP contribution is 2.26. The van der Waals surface area contributed by atoms with E-state index in [0.717, 1.165) is 16.6 Å². The second-order valence-corrected chi connectivity index (χ2v) is 6.92. The van der Waals surface area contributed by atoms with E-state index in [1.54, 1.807) is 6.20 Å². The van der Waals surface area contributed by atoms with Crippen LogP contribution in [0.4, 0.5) is 10.8 Å². The zero-order chi connectivity index (χ0) is 15.8. The summed E-state index contributed by atoms with van der Waals surface area (Å²) in [6.45, 7) is 4.09. The van der Waals surface area contributed by atoms with Crippen molar-refractivity contribution in [2.75, 3.05) is 11.1 Å². The van der Waals surface area contributed by atoms with Gasteiger partial charge in [-0.25, -0.2) is 4.98 Å². The van der Waals surface area contributed by atoms with Crippen LogP contribution in [0.15, 0.2) is 47.5 Å². The van der Waals surface area contributed by atoms with E-state index < -0.39 is 0 Å². The highest BCUT2D eigenvalue weighted by molar-refractivity contribution is 7.99. The molecule has 1 aromatic carbocycles. The molecule has 2 aromatic rings. The number of carbonyl (C=O) groups is 1. The number of nitrogens with zero attached hydrogens (tertiary/aromatic N) is 1. The fraction of sp³-hybridized carbons (Fsp3) is 0.294. The molecule has 0 radical (unpaired) electrons. The van der Waals surface area contributed by atoms with Gasteiger partial charge in [0.05, 0.1) is 11.1 Å². The molecule has 0 unspecified atom stereocenters. The van der Waals surface area contributed by atoms with Gasteiger partial charge in [0.1, 0.15) is 0 Å². The first-order chi connectivity index (χ1) is 10.7. The maximum absolute atomic E-state index is 11.9. The van der Waals surface area contributed by atoms with E-state index >= 15 is 0 Å². The molecule has 22 heavy (non-hydrogen) atoms. The van der Waals surface area contributed by atoms with Gasteiger partial charge in [0.25, 0.3) is 0 Å². The Labute approximate surface area is 139 Å². The van der Waals surface area contributed by atoms with Crippen molar-refractivity contribution in [1.29, 1.82) is 0 Å². The van der Waals surface area contributed by atoms with E-state index in [0.29, 0.717) is 11.3 Å². The summed E-state index contributed by atoms with van der Waals surface area (Å²) in [5, 5.41) is 3.99. The quantitative estimate of drug-likeness (QED) is 0.391. The zero-order valence-corrected chi connectivity index (χ0v) is 14.5. The Hall–Kier alpha value is -1.59. The molecule has 1 N–H and O–H groups in total. The third-order valence-electron chi connectivity index (χ3n) is 2.90. The fourth-order valence-electron chi connectivity index (χ4n) is 1.76. The number of nitrogens with one attached hydrogen (secondary N) is 1. The lowest BCUT2D eigenvalue weighted by molar-refractivity contribution is 0.0999. The Bertz CT molecular complexity index is 632. The molecule has 0 spiro atoms. The minimum absolute atomic E-state index is 0.106. The van der Waals surface area contributed by atoms with E-state index in [9.17, 15) is 4.79 Å². The molecule has 0 bridgehead atoms. The fourth-order valence-corrected chi connectivity index (χ4v) is 3.32. The number of hydrogen-bond donors (Lipinski definition) is 1. The smallest absolute Gasteiger partial charge is 0.187 e. The lowest BCUT2D eigenvalue weighted by Gasteiger charge is -2.04. The highest BCUT2D eigenvalue weighted by Gasteiger charge is 2.09. The van der Waals surface area contributed by atoms with E-state index in [1.165, 1.54) is 22.7 Å². The average Bonchev–Trinajstić information content (AvgIpc) is 3.00. The summed E-state index contributed by atoms with van der Waals surface area (Å²) in [4.78, 5) is 18.1. The number of hydrogen-bond acceptors (Lipinski definition) is 5. The van der Waals surface area contributed by atoms with Crippen LogP contribution in [0.25, 0.3) is 0 Å². The zero-order valence-electron chi connectivity index (χ0n) is 12.8. The largest absolute Gasteiger partial charge is 0.332 e. The van der Waals surface area contributed by atoms with Gasteiger partial charge >= 0.3 is 0 Å². The van der Waals surface area contributed by atoms with Gasteiger partial charge in [-0.1, -0.05) is 30.4 Å². The molecule has 0 saturated heterocycles. The standard InChI is InChI=1S/C17H20N2OS2/c1-3-5-6-15(20)16-12-18-17(22-16)19-13-7-9-14(10-8-13)21-11-4-2/h3,5,7-10,12H,4,6,11H2,1-2H3,(H,18,19)/b5-3-. The summed E-state index contributed by atoms with van der Waals surface area (Å²) in [6.07, 6.45) is 7.00. The van der Waals surface area contributed by atoms with Gasteiger partial charge in [0.15, 0.2) is 10.9 Å². The van der Waals surface area contributed by atoms with Crippen LogP contribution in [-0.2, 0) is 0 Å². The summed E-state index contributed by atoms with van der Waals surface area (Å²) < 4.78 is 0. The third kappa shape index (κ3) is 5.00. The molecule has 5 heteroatoms. The van der Waals surface area contributed by atoms with Crippen LogP contribution in [-0.4, -0.2) is 16.5 Å². The Morgan fingerprint density at radius 3 is 2.82 bits per heavy atom. The topological polar surface area (TPSA) is 42.0 Å². The first-order valence-corrected chi connectivity index (χ1v) is 9.13. The van der Waals surface area contributed by atoms with Gasteiger partial charge in [0, 0.05) is 17.0 Å². The van der Waals surface area contributed by atoms with Gasteiger partial charge in [-0.05, 0) is 43.4 Å². The molecular formula is C17H20N2OS2. The van der Waals surface area contributed by atoms with E-state index in [2.05, 4.69) is 29.4 Å². The van der Waals surface area contributed by atoms with Gasteiger partial charge in [-0.3, -0.25) is 4.79 Å². The molecule has 3 nitrogen and oxygen atoms in total. The number of thiazole rings is 1. The van der Waals surface area contributed by atoms with Crippen molar-refractivity contribution in [3.63, 3.8) is 0 Å². The maximum atomic E-state index is 11.9. The lowest BCUT2D eigenvalue weighted by Crippen LogP contribution is -1.92. The molecule has 2 rings (SSSR count). The molecule has 0 amide bonds. The van der Waals surface area contributed by atoms with Crippen molar-refractivity contribution < 1.29 is 4.79 Å². The van der Waals surface area contributed by atoms with Crippen LogP contribution in [0, 0.1) is 0 Å². The Kier molecular flexibility index (Phi) is 6.68. The normalized spacial score (nSPS) is 11.0. The molecule has 0 atom stereocenters. The van der Waals surface area contributed by atoms with Crippen molar-refractivity contribution in [2.45, 2.75) is 31.6 Å². The molecule has 116 valence electrons. The number of Topliss-reactive ketones (excluding diaryl/α,β-unsaturated/α-hetero) is 1. The predicted molar refractivity (Wildman–Crippen MR) is 96.6 cm³/mol. The summed E-state index contributed by atoms with van der Waals surface area (Å²) >= 11 is 3.25. The summed E-state index contributed by atoms with van der Waals surface area (Å²) in [5.74, 6) is 1.24. The number of ketones is 1. The molecule has 0 aliphatic carbocycles. The summed E-state index contributed by atoms with van der Waals surface area (Å²) in [6, 6.07) is 8.30. The second-order valence-electron chi connectivity index (χ2n) is 4.72. The van der Waals surface area contributed by atoms with Gasteiger partial charge < -0.3 is 5.32 Å². The maximum Gasteiger partial charge on any atom is 0.187 e. The summed E-state index contributed by atoms with van der Waals surface area (Å²) in [7, 11) is 0. The number of aromatic nitrogens is 1. The van der Waals surface area contributed by atoms with Crippen LogP contribution in [0.2, 0.25) is 0 Å². The van der Waals surface area contributed by atoms with E-state index in [-0.39, 0.29) is 5.78 Å². The Balaban J connectivity index is 1.96. The van der Waals surface area contributed by atoms with Crippen molar-refractivity contribution >= 4 is 39.7 Å². The van der Waals surface area contributed by atoms with Gasteiger partial charge in [0.2, 0.25) is 0 Å². The Morgan fingerprint density at radius 2 is 2.14 bits per heavy atom. The summed E-state index contributed by atoms with van der Waals surface area (Å²) in [5.41, 5.74) is 0.989. The molecule has 0 fully saturated rings. The Morgan fingerprint density at radius 1 is 1.36 bits per heavy atom. The van der Waals surface area contributed by atoms with Crippen LogP contribution >= 0.6 is 23.1 Å². The van der Waals surface area contributed by atoms with Crippen molar-refractivity contribution in [1.82, 2.24) is 4.98 Å². The first-order valence-electron chi connectivity index (χ1n) is 7.33. The van der Waals surface area contributed by atoms with Crippen LogP contribution in [0.1, 0.15) is 36.4 Å². The number of benzene rings is 1. The second kappa shape index (κ2) is 8.76. The molecular weight excluding hydrogens is 312 g/mol. The molecule has 0 aliphatic heterocycles. The van der Waals surface area contributed by atoms with E-state index in [4.69, 9.17) is 0 Å². The van der Waals surface area contributed by atoms with Gasteiger partial charge in [-0.15, -0.1) is 11.8 Å². The molecule has 1 aromatic heterocycles. The number of allylic oxidation sites excluding steroid dienone is 2. The number of rotatable bonds is 8. The van der Waals surface area contributed by atoms with Crippen LogP contribution in [0.3, 0.4) is 0 Å². The monoisotopic (exact) mass is 332 g/mol. The van der Waals surface area contributed by atoms with Crippen molar-refractivity contribution in [3.05, 3.63) is 47.5 Å². The van der Waals surface area contributed by atoms with Crippen LogP contribution in [0.5, 0.6) is 0 Å². The number of thioether (sulfide) groups is 1. The molecule has 0 saturated carbocycles. The number of carbonyl (C=O) groups excluding carboxylic acids is 1. The highest BCUT2D eigenvalue weighted by atomic mass is 32.2. The van der Waals surface area contributed by atoms with E-state index in [1.807, 2.05) is 43.0 Å². The van der Waals surface area contributed by atoms with Crippen molar-refractivity contribution in [2.24, 2.45) is 0 Å². The lowest BCUT2D eigenvalue weighted by atomic mass is 10.2. The molecule has 0 aliphatic rings. The SMILES string of the molecule is C/C=C\CC(=O)c1cnc(Nc2ccc(SCCC)cc2)s1. The predicted octanol–water partition coefficient (Wildman–Crippen LogP) is 5.54.